The van der Waals surface area contributed by atoms with Crippen LogP contribution in [-0.4, -0.2) is 40.5 Å². The first-order chi connectivity index (χ1) is 14.1. The van der Waals surface area contributed by atoms with Gasteiger partial charge in [-0.2, -0.15) is 5.10 Å². The first-order valence-electron chi connectivity index (χ1n) is 10.1. The fourth-order valence-corrected chi connectivity index (χ4v) is 3.97. The number of piperidine rings is 1. The van der Waals surface area contributed by atoms with Gasteiger partial charge < -0.3 is 4.90 Å². The summed E-state index contributed by atoms with van der Waals surface area (Å²) >= 11 is 0. The first-order valence-corrected chi connectivity index (χ1v) is 10.1. The quantitative estimate of drug-likeness (QED) is 0.795. The van der Waals surface area contributed by atoms with E-state index in [0.717, 1.165) is 18.4 Å². The lowest BCUT2D eigenvalue weighted by Crippen LogP contribution is -2.44. The number of likely N-dealkylation sites (tertiary alicyclic amines) is 1. The Morgan fingerprint density at radius 1 is 1.00 bits per heavy atom. The van der Waals surface area contributed by atoms with E-state index in [1.54, 1.807) is 12.1 Å². The molecule has 6 heteroatoms. The van der Waals surface area contributed by atoms with Crippen molar-refractivity contribution in [3.63, 3.8) is 0 Å². The summed E-state index contributed by atoms with van der Waals surface area (Å²) in [6.45, 7) is 1.64. The third kappa shape index (κ3) is 4.53. The van der Waals surface area contributed by atoms with Gasteiger partial charge in [-0.3, -0.25) is 9.59 Å². The number of nitrogens with zero attached hydrogens (tertiary/aromatic N) is 3. The van der Waals surface area contributed by atoms with Crippen LogP contribution in [0.15, 0.2) is 59.7 Å². The topological polar surface area (TPSA) is 53.0 Å². The predicted octanol–water partition coefficient (Wildman–Crippen LogP) is 3.71. The van der Waals surface area contributed by atoms with Crippen LogP contribution in [0.25, 0.3) is 0 Å². The zero-order valence-electron chi connectivity index (χ0n) is 16.3. The smallest absolute Gasteiger partial charge is 0.270 e. The average Bonchev–Trinajstić information content (AvgIpc) is 2.77. The van der Waals surface area contributed by atoms with Crippen molar-refractivity contribution in [1.82, 2.24) is 9.91 Å². The van der Waals surface area contributed by atoms with E-state index in [2.05, 4.69) is 29.4 Å². The number of rotatable bonds is 4. The monoisotopic (exact) mass is 393 g/mol. The van der Waals surface area contributed by atoms with Crippen molar-refractivity contribution in [2.45, 2.75) is 38.1 Å². The van der Waals surface area contributed by atoms with Crippen LogP contribution in [0.2, 0.25) is 0 Å². The predicted molar refractivity (Wildman–Crippen MR) is 109 cm³/mol. The highest BCUT2D eigenvalue weighted by Gasteiger charge is 2.30. The molecule has 2 aliphatic rings. The Bertz CT molecular complexity index is 903. The molecule has 0 spiro atoms. The lowest BCUT2D eigenvalue weighted by atomic mass is 9.89. The molecule has 4 rings (SSSR count). The molecule has 0 atom stereocenters. The van der Waals surface area contributed by atoms with Crippen LogP contribution in [0, 0.1) is 5.82 Å². The van der Waals surface area contributed by atoms with Crippen molar-refractivity contribution in [2.24, 2.45) is 5.10 Å². The molecule has 1 saturated heterocycles. The van der Waals surface area contributed by atoms with E-state index in [0.29, 0.717) is 31.1 Å². The van der Waals surface area contributed by atoms with Gasteiger partial charge in [0.2, 0.25) is 5.91 Å². The van der Waals surface area contributed by atoms with Crippen molar-refractivity contribution in [3.05, 3.63) is 71.5 Å². The third-order valence-electron chi connectivity index (χ3n) is 5.65. The van der Waals surface area contributed by atoms with Gasteiger partial charge in [0, 0.05) is 25.9 Å². The molecule has 0 N–H and O–H groups in total. The lowest BCUT2D eigenvalue weighted by Gasteiger charge is -2.33. The molecule has 2 amide bonds. The van der Waals surface area contributed by atoms with Crippen molar-refractivity contribution >= 4 is 17.5 Å². The minimum Gasteiger partial charge on any atom is -0.338 e. The molecule has 0 aromatic heterocycles. The molecule has 2 aromatic carbocycles. The Labute approximate surface area is 169 Å². The normalized spacial score (nSPS) is 18.0. The van der Waals surface area contributed by atoms with E-state index in [-0.39, 0.29) is 30.6 Å². The van der Waals surface area contributed by atoms with Gasteiger partial charge in [-0.25, -0.2) is 9.40 Å². The number of hydrazone groups is 1. The highest BCUT2D eigenvalue weighted by Crippen LogP contribution is 2.28. The zero-order valence-corrected chi connectivity index (χ0v) is 16.3. The van der Waals surface area contributed by atoms with Gasteiger partial charge in [0.25, 0.3) is 5.91 Å². The Balaban J connectivity index is 1.40. The van der Waals surface area contributed by atoms with Gasteiger partial charge in [-0.1, -0.05) is 42.5 Å². The van der Waals surface area contributed by atoms with Crippen molar-refractivity contribution in [2.75, 3.05) is 13.1 Å². The summed E-state index contributed by atoms with van der Waals surface area (Å²) in [4.78, 5) is 27.0. The van der Waals surface area contributed by atoms with E-state index in [9.17, 15) is 14.0 Å². The van der Waals surface area contributed by atoms with Crippen LogP contribution in [0.5, 0.6) is 0 Å². The summed E-state index contributed by atoms with van der Waals surface area (Å²) in [5.41, 5.74) is 2.54. The van der Waals surface area contributed by atoms with Gasteiger partial charge in [-0.15, -0.1) is 0 Å². The molecule has 0 aliphatic carbocycles. The number of carbonyl (C=O) groups is 2. The molecule has 2 aliphatic heterocycles. The highest BCUT2D eigenvalue weighted by atomic mass is 19.1. The lowest BCUT2D eigenvalue weighted by molar-refractivity contribution is -0.132. The molecule has 150 valence electrons. The van der Waals surface area contributed by atoms with E-state index >= 15 is 0 Å². The first kappa shape index (κ1) is 19.3. The number of amides is 2. The van der Waals surface area contributed by atoms with E-state index in [1.165, 1.54) is 22.7 Å². The molecule has 0 saturated carbocycles. The highest BCUT2D eigenvalue weighted by molar-refractivity contribution is 6.39. The molecule has 2 aromatic rings. The van der Waals surface area contributed by atoms with Crippen LogP contribution >= 0.6 is 0 Å². The second-order valence-corrected chi connectivity index (χ2v) is 7.60. The third-order valence-corrected chi connectivity index (χ3v) is 5.65. The number of halogens is 1. The van der Waals surface area contributed by atoms with Crippen LogP contribution in [-0.2, 0) is 16.1 Å². The average molecular weight is 393 g/mol. The second-order valence-electron chi connectivity index (χ2n) is 7.60. The standard InChI is InChI=1S/C23H24FN3O2/c24-20-8-6-17(7-9-20)16-27-22(28)11-10-21(25-27)23(29)26-14-12-19(13-15-26)18-4-2-1-3-5-18/h1-9,19H,10-16H2. The van der Waals surface area contributed by atoms with Gasteiger partial charge in [0.15, 0.2) is 0 Å². The van der Waals surface area contributed by atoms with E-state index in [4.69, 9.17) is 0 Å². The summed E-state index contributed by atoms with van der Waals surface area (Å²) in [6, 6.07) is 16.4. The summed E-state index contributed by atoms with van der Waals surface area (Å²) in [5.74, 6) is -0.0381. The second kappa shape index (κ2) is 8.55. The van der Waals surface area contributed by atoms with Gasteiger partial charge in [0.05, 0.1) is 6.54 Å². The minimum absolute atomic E-state index is 0.0758. The molecule has 2 heterocycles. The summed E-state index contributed by atoms with van der Waals surface area (Å²) in [7, 11) is 0. The number of carbonyl (C=O) groups excluding carboxylic acids is 2. The molecule has 1 fully saturated rings. The molecule has 0 radical (unpaired) electrons. The summed E-state index contributed by atoms with van der Waals surface area (Å²) in [6.07, 6.45) is 2.50. The SMILES string of the molecule is O=C(C1=NN(Cc2ccc(F)cc2)C(=O)CC1)N1CCC(c2ccccc2)CC1. The molecule has 0 unspecified atom stereocenters. The van der Waals surface area contributed by atoms with Crippen molar-refractivity contribution in [1.29, 1.82) is 0 Å². The molecular weight excluding hydrogens is 369 g/mol. The summed E-state index contributed by atoms with van der Waals surface area (Å²) < 4.78 is 13.1. The fraction of sp³-hybridized carbons (Fsp3) is 0.348. The van der Waals surface area contributed by atoms with Crippen LogP contribution < -0.4 is 0 Å². The Morgan fingerprint density at radius 2 is 1.69 bits per heavy atom. The largest absolute Gasteiger partial charge is 0.338 e. The van der Waals surface area contributed by atoms with Crippen molar-refractivity contribution < 1.29 is 14.0 Å². The van der Waals surface area contributed by atoms with Crippen molar-refractivity contribution in [3.8, 4) is 0 Å². The molecule has 29 heavy (non-hydrogen) atoms. The maximum absolute atomic E-state index is 13.1. The number of hydrogen-bond acceptors (Lipinski definition) is 3. The summed E-state index contributed by atoms with van der Waals surface area (Å²) in [5, 5.41) is 5.68. The Kier molecular flexibility index (Phi) is 5.69. The van der Waals surface area contributed by atoms with Gasteiger partial charge >= 0.3 is 0 Å². The fourth-order valence-electron chi connectivity index (χ4n) is 3.97. The van der Waals surface area contributed by atoms with Crippen LogP contribution in [0.4, 0.5) is 4.39 Å². The van der Waals surface area contributed by atoms with E-state index in [1.807, 2.05) is 11.0 Å². The maximum Gasteiger partial charge on any atom is 0.270 e. The Morgan fingerprint density at radius 3 is 2.38 bits per heavy atom. The minimum atomic E-state index is -0.322. The maximum atomic E-state index is 13.1. The molecular formula is C23H24FN3O2. The van der Waals surface area contributed by atoms with Crippen LogP contribution in [0.1, 0.15) is 42.7 Å². The molecule has 5 nitrogen and oxygen atoms in total. The molecule has 0 bridgehead atoms. The zero-order chi connectivity index (χ0) is 20.2. The number of hydrogen-bond donors (Lipinski definition) is 0. The van der Waals surface area contributed by atoms with Crippen LogP contribution in [0.3, 0.4) is 0 Å². The Hall–Kier alpha value is -3.02. The van der Waals surface area contributed by atoms with E-state index < -0.39 is 0 Å². The number of benzene rings is 2. The van der Waals surface area contributed by atoms with Gasteiger partial charge in [-0.05, 0) is 42.0 Å². The van der Waals surface area contributed by atoms with Gasteiger partial charge in [0.1, 0.15) is 11.5 Å².